The number of sulfonamides is 1. The predicted molar refractivity (Wildman–Crippen MR) is 136 cm³/mol. The molecule has 8 heteroatoms. The van der Waals surface area contributed by atoms with Crippen molar-refractivity contribution in [3.05, 3.63) is 89.0 Å². The summed E-state index contributed by atoms with van der Waals surface area (Å²) in [5.74, 6) is 0.0954. The summed E-state index contributed by atoms with van der Waals surface area (Å²) in [6.45, 7) is 5.08. The van der Waals surface area contributed by atoms with Crippen LogP contribution in [0.15, 0.2) is 71.6 Å². The summed E-state index contributed by atoms with van der Waals surface area (Å²) in [7, 11) is -3.64. The fraction of sp³-hybridized carbons (Fsp3) is 0.231. The van der Waals surface area contributed by atoms with E-state index >= 15 is 0 Å². The molecule has 0 atom stereocenters. The third-order valence-electron chi connectivity index (χ3n) is 6.15. The van der Waals surface area contributed by atoms with Crippen LogP contribution in [-0.4, -0.2) is 30.2 Å². The average Bonchev–Trinajstić information content (AvgIpc) is 3.25. The van der Waals surface area contributed by atoms with Crippen LogP contribution in [0.3, 0.4) is 0 Å². The number of rotatable bonds is 5. The Bertz CT molecular complexity index is 1470. The first-order chi connectivity index (χ1) is 16.3. The fourth-order valence-corrected chi connectivity index (χ4v) is 6.45. The van der Waals surface area contributed by atoms with Gasteiger partial charge in [0.15, 0.2) is 5.13 Å². The topological polar surface area (TPSA) is 79.4 Å². The second kappa shape index (κ2) is 8.94. The van der Waals surface area contributed by atoms with Crippen LogP contribution in [0, 0.1) is 0 Å². The molecule has 174 valence electrons. The molecule has 0 aliphatic carbocycles. The van der Waals surface area contributed by atoms with Gasteiger partial charge in [-0.3, -0.25) is 10.1 Å². The molecule has 1 aliphatic rings. The zero-order valence-corrected chi connectivity index (χ0v) is 20.6. The molecular weight excluding hydrogens is 466 g/mol. The number of thiazole rings is 1. The maximum absolute atomic E-state index is 13.2. The lowest BCUT2D eigenvalue weighted by atomic mass is 10.0. The third kappa shape index (κ3) is 4.36. The van der Waals surface area contributed by atoms with Gasteiger partial charge in [0, 0.05) is 18.7 Å². The lowest BCUT2D eigenvalue weighted by Crippen LogP contribution is -2.35. The normalized spacial score (nSPS) is 14.3. The van der Waals surface area contributed by atoms with Crippen molar-refractivity contribution in [2.24, 2.45) is 0 Å². The van der Waals surface area contributed by atoms with E-state index in [-0.39, 0.29) is 10.8 Å². The van der Waals surface area contributed by atoms with E-state index in [9.17, 15) is 13.2 Å². The highest BCUT2D eigenvalue weighted by atomic mass is 32.2. The second-order valence-electron chi connectivity index (χ2n) is 8.74. The van der Waals surface area contributed by atoms with Crippen molar-refractivity contribution in [3.63, 3.8) is 0 Å². The lowest BCUT2D eigenvalue weighted by molar-refractivity contribution is 0.102. The number of hydrogen-bond donors (Lipinski definition) is 1. The Morgan fingerprint density at radius 2 is 1.76 bits per heavy atom. The zero-order chi connectivity index (χ0) is 23.9. The molecule has 1 N–H and O–H groups in total. The zero-order valence-electron chi connectivity index (χ0n) is 19.0. The average molecular weight is 492 g/mol. The first-order valence-electron chi connectivity index (χ1n) is 11.2. The van der Waals surface area contributed by atoms with E-state index in [0.29, 0.717) is 36.1 Å². The van der Waals surface area contributed by atoms with E-state index in [1.165, 1.54) is 38.9 Å². The van der Waals surface area contributed by atoms with Crippen LogP contribution in [0.1, 0.15) is 46.8 Å². The van der Waals surface area contributed by atoms with Gasteiger partial charge in [0.2, 0.25) is 10.0 Å². The molecule has 0 unspecified atom stereocenters. The van der Waals surface area contributed by atoms with Gasteiger partial charge in [-0.1, -0.05) is 55.5 Å². The summed E-state index contributed by atoms with van der Waals surface area (Å²) in [6.07, 6.45) is 0.691. The highest BCUT2D eigenvalue weighted by Gasteiger charge is 2.28. The van der Waals surface area contributed by atoms with Crippen LogP contribution in [0.2, 0.25) is 0 Å². The fourth-order valence-electron chi connectivity index (χ4n) is 4.13. The molecule has 34 heavy (non-hydrogen) atoms. The van der Waals surface area contributed by atoms with Crippen molar-refractivity contribution in [2.75, 3.05) is 11.9 Å². The van der Waals surface area contributed by atoms with Crippen LogP contribution in [0.4, 0.5) is 5.13 Å². The van der Waals surface area contributed by atoms with Gasteiger partial charge in [-0.15, -0.1) is 0 Å². The Morgan fingerprint density at radius 1 is 1.03 bits per heavy atom. The third-order valence-corrected chi connectivity index (χ3v) is 8.94. The van der Waals surface area contributed by atoms with Gasteiger partial charge in [-0.2, -0.15) is 4.31 Å². The Kier molecular flexibility index (Phi) is 5.97. The molecule has 5 rings (SSSR count). The van der Waals surface area contributed by atoms with Crippen LogP contribution < -0.4 is 5.32 Å². The highest BCUT2D eigenvalue weighted by Crippen LogP contribution is 2.30. The highest BCUT2D eigenvalue weighted by molar-refractivity contribution is 7.89. The molecule has 2 heterocycles. The molecule has 0 saturated heterocycles. The summed E-state index contributed by atoms with van der Waals surface area (Å²) in [5, 5.41) is 3.36. The number of carbonyl (C=O) groups is 1. The van der Waals surface area contributed by atoms with Crippen LogP contribution in [0.5, 0.6) is 0 Å². The van der Waals surface area contributed by atoms with Gasteiger partial charge >= 0.3 is 0 Å². The summed E-state index contributed by atoms with van der Waals surface area (Å²) >= 11 is 1.43. The Balaban J connectivity index is 1.31. The van der Waals surface area contributed by atoms with Gasteiger partial charge < -0.3 is 0 Å². The van der Waals surface area contributed by atoms with Crippen molar-refractivity contribution in [3.8, 4) is 0 Å². The molecule has 0 spiro atoms. The van der Waals surface area contributed by atoms with Crippen LogP contribution in [-0.2, 0) is 23.0 Å². The summed E-state index contributed by atoms with van der Waals surface area (Å²) < 4.78 is 28.8. The van der Waals surface area contributed by atoms with E-state index in [2.05, 4.69) is 36.3 Å². The molecular formula is C26H25N3O3S2. The molecule has 0 fully saturated rings. The molecule has 1 amide bonds. The molecule has 3 aromatic carbocycles. The number of fused-ring (bicyclic) bond motifs is 2. The van der Waals surface area contributed by atoms with Gasteiger partial charge in [0.05, 0.1) is 15.1 Å². The standard InChI is InChI=1S/C26H25N3O3S2/c1-17(2)20-9-12-23-24(15-20)33-26(27-23)28-25(30)19-7-10-22(11-8-19)34(31,32)29-14-13-18-5-3-4-6-21(18)16-29/h3-12,15,17H,13-14,16H2,1-2H3,(H,27,28,30). The summed E-state index contributed by atoms with van der Waals surface area (Å²) in [5.41, 5.74) is 4.67. The van der Waals surface area contributed by atoms with Crippen molar-refractivity contribution < 1.29 is 13.2 Å². The molecule has 0 radical (unpaired) electrons. The maximum atomic E-state index is 13.2. The minimum absolute atomic E-state index is 0.185. The number of nitrogens with one attached hydrogen (secondary N) is 1. The number of anilines is 1. The minimum Gasteiger partial charge on any atom is -0.298 e. The van der Waals surface area contributed by atoms with Crippen molar-refractivity contribution >= 4 is 42.6 Å². The number of hydrogen-bond acceptors (Lipinski definition) is 5. The molecule has 0 saturated carbocycles. The van der Waals surface area contributed by atoms with Crippen molar-refractivity contribution in [1.29, 1.82) is 0 Å². The quantitative estimate of drug-likeness (QED) is 0.404. The number of nitrogens with zero attached hydrogens (tertiary/aromatic N) is 2. The second-order valence-corrected chi connectivity index (χ2v) is 11.7. The monoisotopic (exact) mass is 491 g/mol. The van der Waals surface area contributed by atoms with Gasteiger partial charge in [0.25, 0.3) is 5.91 Å². The molecule has 6 nitrogen and oxygen atoms in total. The molecule has 0 bridgehead atoms. The Hall–Kier alpha value is -3.07. The van der Waals surface area contributed by atoms with E-state index in [0.717, 1.165) is 15.8 Å². The number of benzene rings is 3. The first kappa shape index (κ1) is 22.7. The molecule has 1 aromatic heterocycles. The smallest absolute Gasteiger partial charge is 0.257 e. The predicted octanol–water partition coefficient (Wildman–Crippen LogP) is 5.42. The van der Waals surface area contributed by atoms with E-state index < -0.39 is 10.0 Å². The SMILES string of the molecule is CC(C)c1ccc2nc(NC(=O)c3ccc(S(=O)(=O)N4CCc5ccccc5C4)cc3)sc2c1. The van der Waals surface area contributed by atoms with Gasteiger partial charge in [-0.25, -0.2) is 13.4 Å². The van der Waals surface area contributed by atoms with Gasteiger partial charge in [0.1, 0.15) is 0 Å². The largest absolute Gasteiger partial charge is 0.298 e. The van der Waals surface area contributed by atoms with Crippen molar-refractivity contribution in [2.45, 2.75) is 37.6 Å². The first-order valence-corrected chi connectivity index (χ1v) is 13.5. The number of aromatic nitrogens is 1. The number of amides is 1. The lowest BCUT2D eigenvalue weighted by Gasteiger charge is -2.28. The molecule has 1 aliphatic heterocycles. The Morgan fingerprint density at radius 3 is 2.50 bits per heavy atom. The maximum Gasteiger partial charge on any atom is 0.257 e. The number of carbonyl (C=O) groups excluding carboxylic acids is 1. The summed E-state index contributed by atoms with van der Waals surface area (Å²) in [6, 6.07) is 20.1. The van der Waals surface area contributed by atoms with E-state index in [1.54, 1.807) is 12.1 Å². The Labute approximate surface area is 203 Å². The minimum atomic E-state index is -3.64. The summed E-state index contributed by atoms with van der Waals surface area (Å²) in [4.78, 5) is 17.4. The van der Waals surface area contributed by atoms with Gasteiger partial charge in [-0.05, 0) is 65.4 Å². The van der Waals surface area contributed by atoms with Crippen LogP contribution in [0.25, 0.3) is 10.2 Å². The van der Waals surface area contributed by atoms with E-state index in [4.69, 9.17) is 0 Å². The van der Waals surface area contributed by atoms with Crippen LogP contribution >= 0.6 is 11.3 Å². The molecule has 4 aromatic rings. The van der Waals surface area contributed by atoms with E-state index in [1.807, 2.05) is 30.3 Å². The van der Waals surface area contributed by atoms with Crippen molar-refractivity contribution in [1.82, 2.24) is 9.29 Å².